The van der Waals surface area contributed by atoms with Crippen molar-refractivity contribution in [2.75, 3.05) is 26.2 Å². The van der Waals surface area contributed by atoms with Gasteiger partial charge in [-0.05, 0) is 37.1 Å². The lowest BCUT2D eigenvalue weighted by Crippen LogP contribution is -2.51. The van der Waals surface area contributed by atoms with Gasteiger partial charge in [-0.2, -0.15) is 0 Å². The lowest BCUT2D eigenvalue weighted by molar-refractivity contribution is -0.274. The van der Waals surface area contributed by atoms with Gasteiger partial charge in [-0.3, -0.25) is 9.78 Å². The lowest BCUT2D eigenvalue weighted by atomic mass is 10.1. The Balaban J connectivity index is 1.52. The summed E-state index contributed by atoms with van der Waals surface area (Å²) in [6.07, 6.45) is -2.45. The number of amides is 1. The van der Waals surface area contributed by atoms with E-state index in [9.17, 15) is 27.9 Å². The molecule has 1 aliphatic heterocycles. The van der Waals surface area contributed by atoms with Gasteiger partial charge in [-0.1, -0.05) is 18.2 Å². The highest BCUT2D eigenvalue weighted by molar-refractivity contribution is 6.00. The van der Waals surface area contributed by atoms with Crippen molar-refractivity contribution in [3.63, 3.8) is 0 Å². The summed E-state index contributed by atoms with van der Waals surface area (Å²) >= 11 is 0. The molecule has 2 aliphatic rings. The number of carbonyl (C=O) groups excluding carboxylic acids is 1. The number of hydrogen-bond donors (Lipinski definition) is 1. The molecule has 1 saturated heterocycles. The van der Waals surface area contributed by atoms with Gasteiger partial charge in [0.1, 0.15) is 11.4 Å². The number of benzene rings is 1. The number of carboxylic acid groups (broad SMARTS) is 1. The molecule has 4 rings (SSSR count). The predicted molar refractivity (Wildman–Crippen MR) is 111 cm³/mol. The van der Waals surface area contributed by atoms with Crippen molar-refractivity contribution in [1.82, 2.24) is 14.8 Å². The molecule has 1 amide bonds. The highest BCUT2D eigenvalue weighted by Gasteiger charge is 2.51. The number of ether oxygens (including phenoxy) is 1. The number of halogens is 3. The molecule has 8 nitrogen and oxygen atoms in total. The molecule has 0 radical (unpaired) electrons. The molecule has 1 aliphatic carbocycles. The van der Waals surface area contributed by atoms with Gasteiger partial charge in [0.15, 0.2) is 11.4 Å². The average molecular weight is 462 g/mol. The minimum absolute atomic E-state index is 0.176. The molecule has 1 N–H and O–H groups in total. The summed E-state index contributed by atoms with van der Waals surface area (Å²) < 4.78 is 42.1. The maximum Gasteiger partial charge on any atom is 0.573 e. The number of para-hydroxylation sites is 1. The second kappa shape index (κ2) is 8.72. The molecule has 2 fully saturated rings. The van der Waals surface area contributed by atoms with E-state index in [1.54, 1.807) is 24.4 Å². The third-order valence-electron chi connectivity index (χ3n) is 5.55. The van der Waals surface area contributed by atoms with Crippen LogP contribution in [0.3, 0.4) is 0 Å². The summed E-state index contributed by atoms with van der Waals surface area (Å²) in [4.78, 5) is 36.7. The number of carboxylic acids is 1. The van der Waals surface area contributed by atoms with Crippen LogP contribution in [0.15, 0.2) is 53.7 Å². The minimum Gasteiger partial charge on any atom is -0.479 e. The smallest absolute Gasteiger partial charge is 0.479 e. The van der Waals surface area contributed by atoms with Gasteiger partial charge in [-0.25, -0.2) is 9.79 Å². The molecule has 2 heterocycles. The zero-order chi connectivity index (χ0) is 23.6. The van der Waals surface area contributed by atoms with Crippen LogP contribution in [0.4, 0.5) is 13.2 Å². The number of amidine groups is 1. The third-order valence-corrected chi connectivity index (χ3v) is 5.55. The van der Waals surface area contributed by atoms with E-state index < -0.39 is 29.5 Å². The maximum absolute atomic E-state index is 12.9. The molecular weight excluding hydrogens is 441 g/mol. The molecule has 174 valence electrons. The van der Waals surface area contributed by atoms with Crippen molar-refractivity contribution in [3.05, 3.63) is 59.9 Å². The van der Waals surface area contributed by atoms with Gasteiger partial charge < -0.3 is 19.6 Å². The largest absolute Gasteiger partial charge is 0.573 e. The number of carbonyl (C=O) groups is 2. The van der Waals surface area contributed by atoms with E-state index in [-0.39, 0.29) is 18.7 Å². The van der Waals surface area contributed by atoms with Crippen LogP contribution in [0.1, 0.15) is 28.9 Å². The Morgan fingerprint density at radius 1 is 1.00 bits per heavy atom. The standard InChI is InChI=1S/C22H21F3N4O4/c23-22(24,25)33-17-7-2-1-5-15(17)19(30)29-13-11-28(12-14-29)18(16-6-3-4-10-26-16)27-21(8-9-21)20(31)32/h1-7,10H,8-9,11-14H2,(H,31,32)/b27-18+. The summed E-state index contributed by atoms with van der Waals surface area (Å²) in [5.41, 5.74) is -0.813. The fourth-order valence-electron chi connectivity index (χ4n) is 3.63. The van der Waals surface area contributed by atoms with Crippen LogP contribution < -0.4 is 4.74 Å². The number of pyridine rings is 1. The number of alkyl halides is 3. The van der Waals surface area contributed by atoms with Gasteiger partial charge in [0.2, 0.25) is 0 Å². The topological polar surface area (TPSA) is 95.3 Å². The Morgan fingerprint density at radius 3 is 2.21 bits per heavy atom. The highest BCUT2D eigenvalue weighted by atomic mass is 19.4. The Bertz CT molecular complexity index is 1060. The molecule has 0 unspecified atom stereocenters. The molecule has 1 aromatic carbocycles. The molecule has 0 bridgehead atoms. The summed E-state index contributed by atoms with van der Waals surface area (Å²) in [7, 11) is 0. The van der Waals surface area contributed by atoms with Gasteiger partial charge in [0.25, 0.3) is 5.91 Å². The molecular formula is C22H21F3N4O4. The first-order valence-corrected chi connectivity index (χ1v) is 10.3. The van der Waals surface area contributed by atoms with Crippen LogP contribution in [0.2, 0.25) is 0 Å². The van der Waals surface area contributed by atoms with E-state index in [0.29, 0.717) is 37.5 Å². The third kappa shape index (κ3) is 5.07. The number of aliphatic carboxylic acids is 1. The van der Waals surface area contributed by atoms with Gasteiger partial charge in [0.05, 0.1) is 5.56 Å². The van der Waals surface area contributed by atoms with Crippen molar-refractivity contribution in [2.24, 2.45) is 4.99 Å². The van der Waals surface area contributed by atoms with Gasteiger partial charge in [-0.15, -0.1) is 13.2 Å². The zero-order valence-electron chi connectivity index (χ0n) is 17.5. The number of rotatable bonds is 5. The number of piperazine rings is 1. The Hall–Kier alpha value is -3.63. The minimum atomic E-state index is -4.91. The second-order valence-electron chi connectivity index (χ2n) is 7.81. The van der Waals surface area contributed by atoms with E-state index in [2.05, 4.69) is 14.7 Å². The van der Waals surface area contributed by atoms with Crippen LogP contribution in [0.5, 0.6) is 5.75 Å². The van der Waals surface area contributed by atoms with E-state index in [4.69, 9.17) is 0 Å². The van der Waals surface area contributed by atoms with E-state index in [0.717, 1.165) is 6.07 Å². The fourth-order valence-corrected chi connectivity index (χ4v) is 3.63. The number of aromatic nitrogens is 1. The number of hydrogen-bond acceptors (Lipinski definition) is 5. The van der Waals surface area contributed by atoms with E-state index >= 15 is 0 Å². The molecule has 1 aromatic heterocycles. The van der Waals surface area contributed by atoms with Crippen LogP contribution in [0.25, 0.3) is 0 Å². The van der Waals surface area contributed by atoms with Crippen molar-refractivity contribution in [2.45, 2.75) is 24.7 Å². The SMILES string of the molecule is O=C(c1ccccc1OC(F)(F)F)N1CCN(/C(=N/C2(C(=O)O)CC2)c2ccccn2)CC1. The van der Waals surface area contributed by atoms with Gasteiger partial charge in [0, 0.05) is 32.4 Å². The van der Waals surface area contributed by atoms with Crippen molar-refractivity contribution in [3.8, 4) is 5.75 Å². The fraction of sp³-hybridized carbons (Fsp3) is 0.364. The molecule has 2 aromatic rings. The van der Waals surface area contributed by atoms with Crippen LogP contribution >= 0.6 is 0 Å². The number of nitrogens with zero attached hydrogens (tertiary/aromatic N) is 4. The van der Waals surface area contributed by atoms with E-state index in [1.807, 2.05) is 4.90 Å². The van der Waals surface area contributed by atoms with Crippen LogP contribution in [-0.4, -0.2) is 75.7 Å². The lowest BCUT2D eigenvalue weighted by Gasteiger charge is -2.37. The quantitative estimate of drug-likeness (QED) is 0.543. The van der Waals surface area contributed by atoms with Gasteiger partial charge >= 0.3 is 12.3 Å². The summed E-state index contributed by atoms with van der Waals surface area (Å²) in [5.74, 6) is -1.69. The molecule has 0 atom stereocenters. The average Bonchev–Trinajstić information content (AvgIpc) is 3.58. The maximum atomic E-state index is 12.9. The summed E-state index contributed by atoms with van der Waals surface area (Å²) in [6.45, 7) is 1.06. The molecule has 11 heteroatoms. The molecule has 1 saturated carbocycles. The monoisotopic (exact) mass is 462 g/mol. The first-order valence-electron chi connectivity index (χ1n) is 10.3. The van der Waals surface area contributed by atoms with Crippen LogP contribution in [0, 0.1) is 0 Å². The molecule has 0 spiro atoms. The Kier molecular flexibility index (Phi) is 5.96. The summed E-state index contributed by atoms with van der Waals surface area (Å²) in [5, 5.41) is 9.55. The van der Waals surface area contributed by atoms with E-state index in [1.165, 1.54) is 23.1 Å². The number of aliphatic imine (C=N–C) groups is 1. The first kappa shape index (κ1) is 22.6. The second-order valence-corrected chi connectivity index (χ2v) is 7.81. The van der Waals surface area contributed by atoms with Crippen molar-refractivity contribution in [1.29, 1.82) is 0 Å². The van der Waals surface area contributed by atoms with Crippen LogP contribution in [-0.2, 0) is 4.79 Å². The van der Waals surface area contributed by atoms with Crippen molar-refractivity contribution >= 4 is 17.7 Å². The normalized spacial score (nSPS) is 18.1. The molecule has 33 heavy (non-hydrogen) atoms. The summed E-state index contributed by atoms with van der Waals surface area (Å²) in [6, 6.07) is 10.5. The first-order chi connectivity index (χ1) is 15.7. The Labute approximate surface area is 187 Å². The predicted octanol–water partition coefficient (Wildman–Crippen LogP) is 2.80. The zero-order valence-corrected chi connectivity index (χ0v) is 17.5. The highest BCUT2D eigenvalue weighted by Crippen LogP contribution is 2.40. The Morgan fingerprint density at radius 2 is 1.64 bits per heavy atom. The van der Waals surface area contributed by atoms with Crippen molar-refractivity contribution < 1.29 is 32.6 Å².